The molecule has 0 heterocycles. The van der Waals surface area contributed by atoms with Gasteiger partial charge in [0.05, 0.1) is 5.71 Å². The molecule has 0 bridgehead atoms. The summed E-state index contributed by atoms with van der Waals surface area (Å²) in [6.45, 7) is 1.79. The Bertz CT molecular complexity index is 314. The minimum absolute atomic E-state index is 0.00569. The van der Waals surface area contributed by atoms with Gasteiger partial charge in [-0.1, -0.05) is 37.3 Å². The van der Waals surface area contributed by atoms with Crippen LogP contribution in [0.15, 0.2) is 42.2 Å². The zero-order valence-electron chi connectivity index (χ0n) is 7.58. The van der Waals surface area contributed by atoms with Gasteiger partial charge in [0.1, 0.15) is 0 Å². The van der Waals surface area contributed by atoms with E-state index in [1.807, 2.05) is 30.3 Å². The number of nitrogens with one attached hydrogen (secondary N) is 1. The molecule has 0 aliphatic heterocycles. The van der Waals surface area contributed by atoms with Crippen molar-refractivity contribution in [3.63, 3.8) is 0 Å². The van der Waals surface area contributed by atoms with Crippen LogP contribution in [0.3, 0.4) is 0 Å². The molecule has 0 aliphatic rings. The summed E-state index contributed by atoms with van der Waals surface area (Å²) in [5.74, 6) is -0.00569. The summed E-state index contributed by atoms with van der Waals surface area (Å²) in [7, 11) is 0. The molecule has 0 atom stereocenters. The SMILES string of the molecule is CC/C([O-])=C/C(=N)c1ccccc1. The van der Waals surface area contributed by atoms with E-state index in [0.29, 0.717) is 6.42 Å². The van der Waals surface area contributed by atoms with E-state index in [0.717, 1.165) is 5.56 Å². The third-order valence-corrected chi connectivity index (χ3v) is 1.74. The van der Waals surface area contributed by atoms with E-state index in [4.69, 9.17) is 5.41 Å². The average Bonchev–Trinajstić information content (AvgIpc) is 2.19. The predicted octanol–water partition coefficient (Wildman–Crippen LogP) is 1.71. The van der Waals surface area contributed by atoms with Crippen molar-refractivity contribution in [1.82, 2.24) is 0 Å². The molecule has 2 heteroatoms. The van der Waals surface area contributed by atoms with Gasteiger partial charge in [-0.25, -0.2) is 0 Å². The van der Waals surface area contributed by atoms with Gasteiger partial charge < -0.3 is 10.5 Å². The summed E-state index contributed by atoms with van der Waals surface area (Å²) in [4.78, 5) is 0. The Morgan fingerprint density at radius 3 is 2.54 bits per heavy atom. The van der Waals surface area contributed by atoms with Gasteiger partial charge in [-0.05, 0) is 18.1 Å². The highest BCUT2D eigenvalue weighted by Crippen LogP contribution is 2.02. The lowest BCUT2D eigenvalue weighted by Crippen LogP contribution is -2.05. The molecular formula is C11H12NO-. The molecule has 1 rings (SSSR count). The van der Waals surface area contributed by atoms with Crippen LogP contribution < -0.4 is 5.11 Å². The highest BCUT2D eigenvalue weighted by molar-refractivity contribution is 6.06. The van der Waals surface area contributed by atoms with Crippen molar-refractivity contribution in [1.29, 1.82) is 5.41 Å². The van der Waals surface area contributed by atoms with Crippen LogP contribution in [0.2, 0.25) is 0 Å². The minimum atomic E-state index is -0.00569. The number of hydrogen-bond donors (Lipinski definition) is 1. The van der Waals surface area contributed by atoms with Crippen LogP contribution in [0.5, 0.6) is 0 Å². The molecular weight excluding hydrogens is 162 g/mol. The fourth-order valence-electron chi connectivity index (χ4n) is 0.964. The van der Waals surface area contributed by atoms with Crippen LogP contribution >= 0.6 is 0 Å². The Balaban J connectivity index is 2.81. The predicted molar refractivity (Wildman–Crippen MR) is 51.6 cm³/mol. The van der Waals surface area contributed by atoms with Crippen molar-refractivity contribution < 1.29 is 5.11 Å². The third-order valence-electron chi connectivity index (χ3n) is 1.74. The van der Waals surface area contributed by atoms with Crippen LogP contribution in [0.1, 0.15) is 18.9 Å². The van der Waals surface area contributed by atoms with Crippen LogP contribution in [0.4, 0.5) is 0 Å². The van der Waals surface area contributed by atoms with E-state index >= 15 is 0 Å². The second-order valence-corrected chi connectivity index (χ2v) is 2.74. The molecule has 0 saturated heterocycles. The van der Waals surface area contributed by atoms with Gasteiger partial charge in [0.15, 0.2) is 0 Å². The van der Waals surface area contributed by atoms with Crippen LogP contribution in [0.25, 0.3) is 0 Å². The lowest BCUT2D eigenvalue weighted by atomic mass is 10.1. The normalized spacial score (nSPS) is 11.3. The van der Waals surface area contributed by atoms with Gasteiger partial charge in [-0.3, -0.25) is 0 Å². The smallest absolute Gasteiger partial charge is 0.0602 e. The Hall–Kier alpha value is -1.57. The maximum atomic E-state index is 11.0. The summed E-state index contributed by atoms with van der Waals surface area (Å²) in [6, 6.07) is 9.24. The molecule has 0 unspecified atom stereocenters. The molecule has 0 spiro atoms. The van der Waals surface area contributed by atoms with E-state index in [9.17, 15) is 5.11 Å². The van der Waals surface area contributed by atoms with Crippen LogP contribution in [0, 0.1) is 5.41 Å². The van der Waals surface area contributed by atoms with Crippen molar-refractivity contribution in [2.24, 2.45) is 0 Å². The number of hydrogen-bond acceptors (Lipinski definition) is 2. The maximum Gasteiger partial charge on any atom is 0.0602 e. The van der Waals surface area contributed by atoms with Crippen molar-refractivity contribution in [3.8, 4) is 0 Å². The number of rotatable bonds is 3. The van der Waals surface area contributed by atoms with Gasteiger partial charge in [-0.2, -0.15) is 0 Å². The molecule has 0 aromatic heterocycles. The highest BCUT2D eigenvalue weighted by atomic mass is 16.3. The van der Waals surface area contributed by atoms with Crippen LogP contribution in [-0.4, -0.2) is 5.71 Å². The van der Waals surface area contributed by atoms with Gasteiger partial charge in [0, 0.05) is 0 Å². The average molecular weight is 174 g/mol. The van der Waals surface area contributed by atoms with Crippen molar-refractivity contribution >= 4 is 5.71 Å². The molecule has 68 valence electrons. The van der Waals surface area contributed by atoms with E-state index < -0.39 is 0 Å². The summed E-state index contributed by atoms with van der Waals surface area (Å²) < 4.78 is 0. The fraction of sp³-hybridized carbons (Fsp3) is 0.182. The molecule has 2 nitrogen and oxygen atoms in total. The van der Waals surface area contributed by atoms with Crippen molar-refractivity contribution in [2.45, 2.75) is 13.3 Å². The summed E-state index contributed by atoms with van der Waals surface area (Å²) in [5.41, 5.74) is 1.07. The van der Waals surface area contributed by atoms with Gasteiger partial charge >= 0.3 is 0 Å². The van der Waals surface area contributed by atoms with E-state index in [-0.39, 0.29) is 11.5 Å². The highest BCUT2D eigenvalue weighted by Gasteiger charge is 1.94. The third kappa shape index (κ3) is 2.75. The van der Waals surface area contributed by atoms with Crippen molar-refractivity contribution in [3.05, 3.63) is 47.7 Å². The minimum Gasteiger partial charge on any atom is -0.875 e. The van der Waals surface area contributed by atoms with Gasteiger partial charge in [0.2, 0.25) is 0 Å². The first-order valence-electron chi connectivity index (χ1n) is 4.25. The molecule has 0 aliphatic carbocycles. The summed E-state index contributed by atoms with van der Waals surface area (Å²) in [6.07, 6.45) is 1.82. The zero-order valence-corrected chi connectivity index (χ0v) is 7.58. The zero-order chi connectivity index (χ0) is 9.68. The molecule has 13 heavy (non-hydrogen) atoms. The topological polar surface area (TPSA) is 46.9 Å². The molecule has 1 aromatic carbocycles. The molecule has 1 aromatic rings. The Morgan fingerprint density at radius 1 is 1.38 bits per heavy atom. The largest absolute Gasteiger partial charge is 0.875 e. The number of allylic oxidation sites excluding steroid dienone is 2. The maximum absolute atomic E-state index is 11.0. The second-order valence-electron chi connectivity index (χ2n) is 2.74. The Labute approximate surface area is 78.0 Å². The van der Waals surface area contributed by atoms with Crippen molar-refractivity contribution in [2.75, 3.05) is 0 Å². The second kappa shape index (κ2) is 4.45. The molecule has 0 amide bonds. The summed E-state index contributed by atoms with van der Waals surface area (Å²) in [5, 5.41) is 18.6. The van der Waals surface area contributed by atoms with E-state index in [1.54, 1.807) is 6.92 Å². The first kappa shape index (κ1) is 9.52. The van der Waals surface area contributed by atoms with E-state index in [1.165, 1.54) is 6.08 Å². The van der Waals surface area contributed by atoms with Gasteiger partial charge in [-0.15, -0.1) is 5.76 Å². The summed E-state index contributed by atoms with van der Waals surface area (Å²) >= 11 is 0. The molecule has 0 saturated carbocycles. The fourth-order valence-corrected chi connectivity index (χ4v) is 0.964. The molecule has 1 N–H and O–H groups in total. The molecule has 0 fully saturated rings. The molecule has 0 radical (unpaired) electrons. The first-order chi connectivity index (χ1) is 6.24. The Kier molecular flexibility index (Phi) is 3.26. The van der Waals surface area contributed by atoms with Crippen LogP contribution in [-0.2, 0) is 0 Å². The lowest BCUT2D eigenvalue weighted by molar-refractivity contribution is -0.305. The van der Waals surface area contributed by atoms with E-state index in [2.05, 4.69) is 0 Å². The Morgan fingerprint density at radius 2 is 2.00 bits per heavy atom. The number of benzene rings is 1. The standard InChI is InChI=1S/C11H13NO/c1-2-10(13)8-11(12)9-6-4-3-5-7-9/h3-8,12-13H,2H2,1H3/p-1/b10-8-,12-11?. The lowest BCUT2D eigenvalue weighted by Gasteiger charge is -2.08. The quantitative estimate of drug-likeness (QED) is 0.550. The monoisotopic (exact) mass is 174 g/mol. The van der Waals surface area contributed by atoms with Gasteiger partial charge in [0.25, 0.3) is 0 Å². The first-order valence-corrected chi connectivity index (χ1v) is 4.25.